The second-order valence-corrected chi connectivity index (χ2v) is 19.7. The molecule has 8 atom stereocenters. The number of nitrogens with one attached hydrogen (secondary N) is 2. The van der Waals surface area contributed by atoms with Gasteiger partial charge >= 0.3 is 24.1 Å². The number of ketones is 1. The number of amides is 2. The van der Waals surface area contributed by atoms with Crippen molar-refractivity contribution in [1.82, 2.24) is 10.6 Å². The summed E-state index contributed by atoms with van der Waals surface area (Å²) in [4.78, 5) is 51.9. The Kier molecular flexibility index (Phi) is 9.49. The molecular weight excluding hydrogens is 661 g/mol. The second kappa shape index (κ2) is 12.2. The average Bonchev–Trinajstić information content (AvgIpc) is 3.25. The Labute approximate surface area is 301 Å². The zero-order chi connectivity index (χ0) is 38.5. The topological polar surface area (TPSA) is 122 Å². The Bertz CT molecular complexity index is 1520. The molecule has 288 valence electrons. The quantitative estimate of drug-likeness (QED) is 0.179. The van der Waals surface area contributed by atoms with Crippen molar-refractivity contribution in [3.8, 4) is 0 Å². The van der Waals surface area contributed by atoms with Crippen LogP contribution < -0.4 is 10.6 Å². The summed E-state index contributed by atoms with van der Waals surface area (Å²) < 4.78 is 47.4. The van der Waals surface area contributed by atoms with E-state index >= 15 is 0 Å². The van der Waals surface area contributed by atoms with Crippen molar-refractivity contribution in [1.29, 1.82) is 0 Å². The molecule has 0 radical (unpaired) electrons. The lowest BCUT2D eigenvalue weighted by atomic mass is 9.34. The molecule has 5 aliphatic carbocycles. The van der Waals surface area contributed by atoms with Crippen LogP contribution in [0.5, 0.6) is 0 Å². The number of Topliss-reactive ketones (excluding diaryl/α,β-unsaturated/α-hetero) is 1. The van der Waals surface area contributed by atoms with Gasteiger partial charge in [0.25, 0.3) is 0 Å². The number of ether oxygens (including phenoxy) is 1. The van der Waals surface area contributed by atoms with Gasteiger partial charge < -0.3 is 20.5 Å². The number of aliphatic carboxylic acids is 1. The largest absolute Gasteiger partial charge is 0.481 e. The van der Waals surface area contributed by atoms with Crippen molar-refractivity contribution in [2.75, 3.05) is 0 Å². The first-order valence-corrected chi connectivity index (χ1v) is 19.0. The number of allylic oxidation sites excluding steroid dienone is 1. The molecule has 0 aromatic carbocycles. The average molecular weight is 723 g/mol. The van der Waals surface area contributed by atoms with Crippen molar-refractivity contribution < 1.29 is 42.2 Å². The number of alkyl halides is 3. The fourth-order valence-electron chi connectivity index (χ4n) is 12.1. The number of urea groups is 1. The van der Waals surface area contributed by atoms with Gasteiger partial charge in [-0.1, -0.05) is 54.0 Å². The molecule has 2 amide bonds. The van der Waals surface area contributed by atoms with Crippen LogP contribution in [0.1, 0.15) is 140 Å². The number of halogens is 3. The molecule has 0 heterocycles. The summed E-state index contributed by atoms with van der Waals surface area (Å²) in [6.45, 7) is 20.5. The van der Waals surface area contributed by atoms with Crippen LogP contribution in [-0.4, -0.2) is 52.2 Å². The minimum absolute atomic E-state index is 0.0284. The fraction of sp³-hybridized carbons (Fsp3) is 0.850. The van der Waals surface area contributed by atoms with Crippen LogP contribution in [0.4, 0.5) is 18.0 Å². The Morgan fingerprint density at radius 3 is 2.12 bits per heavy atom. The highest BCUT2D eigenvalue weighted by Crippen LogP contribution is 2.75. The summed E-state index contributed by atoms with van der Waals surface area (Å²) in [6.07, 6.45) is 1.20. The molecule has 0 aromatic heterocycles. The monoisotopic (exact) mass is 722 g/mol. The summed E-state index contributed by atoms with van der Waals surface area (Å²) in [5, 5.41) is 14.7. The number of rotatable bonds is 7. The molecule has 0 spiro atoms. The van der Waals surface area contributed by atoms with E-state index in [9.17, 15) is 37.5 Å². The molecule has 11 heteroatoms. The number of esters is 1. The summed E-state index contributed by atoms with van der Waals surface area (Å²) in [7, 11) is 0. The van der Waals surface area contributed by atoms with Gasteiger partial charge in [0, 0.05) is 17.8 Å². The van der Waals surface area contributed by atoms with E-state index < -0.39 is 46.6 Å². The van der Waals surface area contributed by atoms with Gasteiger partial charge in [-0.3, -0.25) is 14.4 Å². The van der Waals surface area contributed by atoms with E-state index in [-0.39, 0.29) is 58.2 Å². The van der Waals surface area contributed by atoms with Gasteiger partial charge in [-0.25, -0.2) is 4.79 Å². The number of carboxylic acid groups (broad SMARTS) is 1. The molecule has 51 heavy (non-hydrogen) atoms. The maximum Gasteiger partial charge on any atom is 0.411 e. The lowest BCUT2D eigenvalue weighted by Gasteiger charge is -2.70. The van der Waals surface area contributed by atoms with E-state index in [0.717, 1.165) is 51.5 Å². The Morgan fingerprint density at radius 2 is 1.55 bits per heavy atom. The van der Waals surface area contributed by atoms with Gasteiger partial charge in [-0.05, 0) is 119 Å². The molecule has 4 fully saturated rings. The molecule has 3 N–H and O–H groups in total. The summed E-state index contributed by atoms with van der Waals surface area (Å²) >= 11 is 0. The molecule has 0 bridgehead atoms. The normalized spacial score (nSPS) is 37.9. The molecule has 0 saturated heterocycles. The highest BCUT2D eigenvalue weighted by molar-refractivity contribution is 5.92. The van der Waals surface area contributed by atoms with Crippen molar-refractivity contribution in [3.05, 3.63) is 11.1 Å². The number of hydrogen-bond donors (Lipinski definition) is 3. The molecule has 8 nitrogen and oxygen atoms in total. The lowest BCUT2D eigenvalue weighted by molar-refractivity contribution is -0.214. The molecule has 3 unspecified atom stereocenters. The van der Waals surface area contributed by atoms with Crippen molar-refractivity contribution in [2.24, 2.45) is 50.7 Å². The van der Waals surface area contributed by atoms with E-state index in [2.05, 4.69) is 45.3 Å². The zero-order valence-electron chi connectivity index (χ0n) is 32.6. The lowest BCUT2D eigenvalue weighted by Crippen LogP contribution is -2.66. The summed E-state index contributed by atoms with van der Waals surface area (Å²) in [6, 6.07) is -0.907. The van der Waals surface area contributed by atoms with Crippen molar-refractivity contribution in [3.63, 3.8) is 0 Å². The van der Waals surface area contributed by atoms with Gasteiger partial charge in [0.15, 0.2) is 0 Å². The van der Waals surface area contributed by atoms with Gasteiger partial charge in [0.05, 0.1) is 17.4 Å². The first kappa shape index (κ1) is 39.6. The van der Waals surface area contributed by atoms with Gasteiger partial charge in [-0.2, -0.15) is 13.2 Å². The van der Waals surface area contributed by atoms with Gasteiger partial charge in [0.1, 0.15) is 17.4 Å². The third kappa shape index (κ3) is 6.02. The minimum Gasteiger partial charge on any atom is -0.481 e. The van der Waals surface area contributed by atoms with Crippen LogP contribution in [0.25, 0.3) is 0 Å². The number of fused-ring (bicyclic) bond motifs is 6. The van der Waals surface area contributed by atoms with Gasteiger partial charge in [-0.15, -0.1) is 0 Å². The number of carbonyl (C=O) groups excluding carboxylic acids is 3. The predicted octanol–water partition coefficient (Wildman–Crippen LogP) is 8.77. The standard InChI is InChI=1S/C40H61F3N2O6/c1-22(2)29-24(46)20-39(45-32(50)44-35(7,8)40(41,42)43)19-18-37(10)23(30(29)39)12-13-26-36(9)16-15-27(51-28(47)21-33(3,4)31(48)49)34(5,6)25(36)14-17-38(26,37)11/h22,25-27,29H,12-21H2,1-11H3,(H,48,49)(H2,44,45,50)/t25?,26?,27-,29?,36-,37+,38+,39+/m0/s1. The van der Waals surface area contributed by atoms with Crippen LogP contribution in [0.2, 0.25) is 0 Å². The second-order valence-electron chi connectivity index (χ2n) is 19.7. The Balaban J connectivity index is 1.48. The third-order valence-corrected chi connectivity index (χ3v) is 15.2. The number of hydrogen-bond acceptors (Lipinski definition) is 5. The number of carboxylic acids is 1. The molecule has 0 aliphatic heterocycles. The van der Waals surface area contributed by atoms with Crippen LogP contribution >= 0.6 is 0 Å². The van der Waals surface area contributed by atoms with Crippen LogP contribution in [-0.2, 0) is 19.1 Å². The van der Waals surface area contributed by atoms with Crippen molar-refractivity contribution >= 4 is 23.8 Å². The van der Waals surface area contributed by atoms with E-state index in [4.69, 9.17) is 4.74 Å². The maximum atomic E-state index is 13.8. The Morgan fingerprint density at radius 1 is 0.922 bits per heavy atom. The highest BCUT2D eigenvalue weighted by Gasteiger charge is 2.69. The molecule has 0 aromatic rings. The highest BCUT2D eigenvalue weighted by atomic mass is 19.4. The van der Waals surface area contributed by atoms with Crippen LogP contribution in [0.3, 0.4) is 0 Å². The van der Waals surface area contributed by atoms with Crippen LogP contribution in [0.15, 0.2) is 11.1 Å². The molecule has 5 rings (SSSR count). The van der Waals surface area contributed by atoms with Gasteiger partial charge in [0.2, 0.25) is 0 Å². The van der Waals surface area contributed by atoms with Crippen molar-refractivity contribution in [2.45, 2.75) is 164 Å². The summed E-state index contributed by atoms with van der Waals surface area (Å²) in [5.41, 5.74) is -3.31. The zero-order valence-corrected chi connectivity index (χ0v) is 32.6. The molecule has 4 saturated carbocycles. The first-order chi connectivity index (χ1) is 23.1. The third-order valence-electron chi connectivity index (χ3n) is 15.2. The first-order valence-electron chi connectivity index (χ1n) is 19.0. The molecule has 5 aliphatic rings. The minimum atomic E-state index is -4.64. The molecular formula is C40H61F3N2O6. The number of carbonyl (C=O) groups is 4. The predicted molar refractivity (Wildman–Crippen MR) is 187 cm³/mol. The van der Waals surface area contributed by atoms with E-state index in [1.54, 1.807) is 0 Å². The van der Waals surface area contributed by atoms with E-state index in [1.165, 1.54) is 19.4 Å². The fourth-order valence-corrected chi connectivity index (χ4v) is 12.1. The van der Waals surface area contributed by atoms with E-state index in [1.807, 2.05) is 13.8 Å². The maximum absolute atomic E-state index is 13.8. The Hall–Kier alpha value is -2.59. The summed E-state index contributed by atoms with van der Waals surface area (Å²) in [5.74, 6) is -1.31. The SMILES string of the molecule is CC(C)C1C(=O)C[C@]2(NC(=O)NC(C)(C)C(F)(F)F)CC[C@]3(C)C(=C12)CCC1[C@@]2(C)CC[C@H](OC(=O)CC(C)(C)C(=O)O)C(C)(C)C2CC[C@]13C. The smallest absolute Gasteiger partial charge is 0.411 e. The van der Waals surface area contributed by atoms with Crippen LogP contribution in [0, 0.1) is 50.7 Å². The van der Waals surface area contributed by atoms with E-state index in [0.29, 0.717) is 25.2 Å².